The Morgan fingerprint density at radius 2 is 1.50 bits per heavy atom. The molecule has 0 spiro atoms. The molecule has 1 saturated heterocycles. The highest BCUT2D eigenvalue weighted by Crippen LogP contribution is 2.39. The number of rotatable bonds is 16. The molecule has 1 aliphatic carbocycles. The minimum absolute atomic E-state index is 0.0213. The van der Waals surface area contributed by atoms with Crippen molar-refractivity contribution >= 4 is 29.2 Å². The van der Waals surface area contributed by atoms with E-state index >= 15 is 0 Å². The van der Waals surface area contributed by atoms with E-state index in [9.17, 15) is 24.3 Å². The van der Waals surface area contributed by atoms with E-state index in [1.54, 1.807) is 47.9 Å². The van der Waals surface area contributed by atoms with E-state index in [0.29, 0.717) is 67.9 Å². The first-order valence-electron chi connectivity index (χ1n) is 21.3. The number of fused-ring (bicyclic) bond motifs is 1. The highest BCUT2D eigenvalue weighted by atomic mass is 16.5. The van der Waals surface area contributed by atoms with Gasteiger partial charge in [0.15, 0.2) is 17.2 Å². The van der Waals surface area contributed by atoms with Crippen LogP contribution in [-0.2, 0) is 32.0 Å². The summed E-state index contributed by atoms with van der Waals surface area (Å²) < 4.78 is 13.8. The molecule has 0 bridgehead atoms. The molecule has 1 aliphatic heterocycles. The second-order valence-corrected chi connectivity index (χ2v) is 17.0. The number of hydrogen-bond donors (Lipinski definition) is 1. The number of ether oxygens (including phenoxy) is 1. The minimum Gasteiger partial charge on any atom is -0.469 e. The average Bonchev–Trinajstić information content (AvgIpc) is 3.92. The molecule has 2 aromatic carbocycles. The Hall–Kier alpha value is -6.18. The molecule has 1 fully saturated rings. The smallest absolute Gasteiger partial charge is 0.407 e. The zero-order valence-corrected chi connectivity index (χ0v) is 36.5. The van der Waals surface area contributed by atoms with E-state index < -0.39 is 11.5 Å². The fraction of sp³-hybridized carbons (Fsp3) is 0.388. The van der Waals surface area contributed by atoms with Crippen LogP contribution in [-0.4, -0.2) is 111 Å². The number of allylic oxidation sites excluding steroid dienone is 4. The van der Waals surface area contributed by atoms with Gasteiger partial charge >= 0.3 is 6.09 Å². The molecule has 324 valence electrons. The summed E-state index contributed by atoms with van der Waals surface area (Å²) in [5, 5.41) is 10.6. The van der Waals surface area contributed by atoms with Gasteiger partial charge in [0.1, 0.15) is 5.76 Å². The number of furan rings is 1. The molecule has 0 saturated carbocycles. The summed E-state index contributed by atoms with van der Waals surface area (Å²) in [5.74, 6) is 0.104. The topological polar surface area (TPSA) is 151 Å². The van der Waals surface area contributed by atoms with Crippen LogP contribution < -0.4 is 0 Å². The first-order chi connectivity index (χ1) is 29.7. The van der Waals surface area contributed by atoms with E-state index in [0.717, 1.165) is 45.3 Å². The molecular weight excluding hydrogens is 785 g/mol. The lowest BCUT2D eigenvalue weighted by Gasteiger charge is -2.36. The lowest BCUT2D eigenvalue weighted by atomic mass is 9.71. The van der Waals surface area contributed by atoms with Crippen LogP contribution in [0.25, 0.3) is 16.9 Å². The van der Waals surface area contributed by atoms with Gasteiger partial charge in [0.25, 0.3) is 0 Å². The van der Waals surface area contributed by atoms with Gasteiger partial charge in [-0.2, -0.15) is 0 Å². The summed E-state index contributed by atoms with van der Waals surface area (Å²) in [6.07, 6.45) is 4.00. The Morgan fingerprint density at radius 1 is 0.823 bits per heavy atom. The van der Waals surface area contributed by atoms with Crippen molar-refractivity contribution < 1.29 is 33.4 Å². The van der Waals surface area contributed by atoms with Crippen molar-refractivity contribution in [2.45, 2.75) is 66.3 Å². The molecule has 2 amide bonds. The number of hydrogen-bond acceptors (Lipinski definition) is 9. The Bertz CT molecular complexity index is 2500. The van der Waals surface area contributed by atoms with Gasteiger partial charge in [0, 0.05) is 92.1 Å². The maximum atomic E-state index is 13.7. The van der Waals surface area contributed by atoms with E-state index in [4.69, 9.17) is 19.1 Å². The van der Waals surface area contributed by atoms with Crippen molar-refractivity contribution in [2.24, 2.45) is 5.41 Å². The zero-order valence-electron chi connectivity index (χ0n) is 36.5. The Labute approximate surface area is 362 Å². The predicted molar refractivity (Wildman–Crippen MR) is 236 cm³/mol. The lowest BCUT2D eigenvalue weighted by molar-refractivity contribution is -0.132. The summed E-state index contributed by atoms with van der Waals surface area (Å²) in [7, 11) is 1.64. The van der Waals surface area contributed by atoms with Crippen LogP contribution in [0.4, 0.5) is 4.79 Å². The van der Waals surface area contributed by atoms with Crippen molar-refractivity contribution in [3.63, 3.8) is 0 Å². The third-order valence-corrected chi connectivity index (χ3v) is 12.3. The molecule has 3 aromatic heterocycles. The molecular formula is C49H56N6O7. The van der Waals surface area contributed by atoms with Crippen molar-refractivity contribution in [2.75, 3.05) is 53.0 Å². The van der Waals surface area contributed by atoms with Crippen LogP contribution in [0.2, 0.25) is 0 Å². The molecule has 13 heteroatoms. The van der Waals surface area contributed by atoms with Gasteiger partial charge in [-0.3, -0.25) is 23.7 Å². The van der Waals surface area contributed by atoms with Gasteiger partial charge in [-0.05, 0) is 44.9 Å². The van der Waals surface area contributed by atoms with Crippen molar-refractivity contribution in [1.29, 1.82) is 0 Å². The normalized spacial score (nSPS) is 15.7. The van der Waals surface area contributed by atoms with Gasteiger partial charge in [-0.25, -0.2) is 14.8 Å². The highest BCUT2D eigenvalue weighted by molar-refractivity contribution is 6.25. The maximum Gasteiger partial charge on any atom is 0.407 e. The summed E-state index contributed by atoms with van der Waals surface area (Å²) in [6.45, 7) is 11.3. The summed E-state index contributed by atoms with van der Waals surface area (Å²) in [4.78, 5) is 68.7. The third-order valence-electron chi connectivity index (χ3n) is 12.3. The van der Waals surface area contributed by atoms with E-state index in [-0.39, 0.29) is 49.6 Å². The predicted octanol–water partition coefficient (Wildman–Crippen LogP) is 7.59. The molecule has 62 heavy (non-hydrogen) atoms. The number of Topliss-reactive ketones (excluding diaryl/α,β-unsaturated/α-hetero) is 2. The second-order valence-electron chi connectivity index (χ2n) is 17.0. The quantitative estimate of drug-likeness (QED) is 0.0985. The molecule has 7 rings (SSSR count). The molecule has 1 atom stereocenters. The summed E-state index contributed by atoms with van der Waals surface area (Å²) in [6, 6.07) is 23.8. The standard InChI is InChI=1S/C49H56N6O7/c1-32-33(2)46(58)43(34(3)45(32)57)49(4,5)30-42(56)52(6)21-22-54(48(59)60)20-19-41(53-23-26-61-27-24-53)44-38(29-37-18-13-25-62-37)51-47-39(28-35-14-9-7-10-15-35)50-40(31-55(44)47)36-16-11-8-12-17-36/h7-18,25,31,41H,19-24,26-30H2,1-6H3,(H,59,60). The number of benzene rings is 2. The first kappa shape index (κ1) is 43.9. The van der Waals surface area contributed by atoms with Crippen molar-refractivity contribution in [1.82, 2.24) is 29.1 Å². The second kappa shape index (κ2) is 18.8. The first-order valence-corrected chi connectivity index (χ1v) is 21.3. The van der Waals surface area contributed by atoms with Crippen LogP contribution in [0.5, 0.6) is 0 Å². The van der Waals surface area contributed by atoms with Crippen LogP contribution >= 0.6 is 0 Å². The van der Waals surface area contributed by atoms with E-state index in [1.165, 1.54) is 9.80 Å². The molecule has 0 radical (unpaired) electrons. The SMILES string of the molecule is CC1=C(C)C(=O)C(C(C)(C)CC(=O)N(C)CCN(CCC(c2c(Cc3ccco3)nc3c(Cc4ccccc4)nc(-c4ccccc4)cn23)N2CCOCC2)C(=O)O)=C(C)C1=O. The monoisotopic (exact) mass is 840 g/mol. The number of aromatic nitrogens is 3. The van der Waals surface area contributed by atoms with E-state index in [1.807, 2.05) is 66.9 Å². The fourth-order valence-electron chi connectivity index (χ4n) is 8.76. The number of carbonyl (C=O) groups excluding carboxylic acids is 3. The maximum absolute atomic E-state index is 13.7. The number of ketones is 2. The summed E-state index contributed by atoms with van der Waals surface area (Å²) in [5.41, 5.74) is 6.79. The molecule has 13 nitrogen and oxygen atoms in total. The van der Waals surface area contributed by atoms with Gasteiger partial charge in [0.2, 0.25) is 5.91 Å². The van der Waals surface area contributed by atoms with Gasteiger partial charge in [-0.1, -0.05) is 74.5 Å². The number of carbonyl (C=O) groups is 4. The van der Waals surface area contributed by atoms with Crippen molar-refractivity contribution in [3.8, 4) is 11.3 Å². The third kappa shape index (κ3) is 9.49. The number of carboxylic acid groups (broad SMARTS) is 1. The Morgan fingerprint density at radius 3 is 2.16 bits per heavy atom. The largest absolute Gasteiger partial charge is 0.469 e. The van der Waals surface area contributed by atoms with E-state index in [2.05, 4.69) is 21.4 Å². The van der Waals surface area contributed by atoms with Crippen molar-refractivity contribution in [3.05, 3.63) is 136 Å². The lowest BCUT2D eigenvalue weighted by Crippen LogP contribution is -2.43. The van der Waals surface area contributed by atoms with Crippen LogP contribution in [0.15, 0.2) is 112 Å². The molecule has 5 aromatic rings. The number of morpholine rings is 1. The van der Waals surface area contributed by atoms with Crippen LogP contribution in [0.1, 0.15) is 81.9 Å². The van der Waals surface area contributed by atoms with Gasteiger partial charge in [-0.15, -0.1) is 0 Å². The molecule has 1 unspecified atom stereocenters. The summed E-state index contributed by atoms with van der Waals surface area (Å²) >= 11 is 0. The Kier molecular flexibility index (Phi) is 13.3. The highest BCUT2D eigenvalue weighted by Gasteiger charge is 2.39. The number of amides is 2. The minimum atomic E-state index is -1.09. The fourth-order valence-corrected chi connectivity index (χ4v) is 8.76. The Balaban J connectivity index is 1.19. The average molecular weight is 841 g/mol. The van der Waals surface area contributed by atoms with Crippen LogP contribution in [0.3, 0.4) is 0 Å². The number of nitrogens with zero attached hydrogens (tertiary/aromatic N) is 6. The molecule has 4 heterocycles. The number of likely N-dealkylation sites (N-methyl/N-ethyl adjacent to an activating group) is 1. The zero-order chi connectivity index (χ0) is 44.1. The van der Waals surface area contributed by atoms with Gasteiger partial charge < -0.3 is 24.1 Å². The van der Waals surface area contributed by atoms with Gasteiger partial charge in [0.05, 0.1) is 54.7 Å². The van der Waals surface area contributed by atoms with Crippen LogP contribution in [0, 0.1) is 5.41 Å². The number of imidazole rings is 1. The molecule has 2 aliphatic rings. The molecule has 1 N–H and O–H groups in total.